The van der Waals surface area contributed by atoms with Gasteiger partial charge in [-0.1, -0.05) is 6.07 Å². The van der Waals surface area contributed by atoms with Gasteiger partial charge >= 0.3 is 0 Å². The van der Waals surface area contributed by atoms with E-state index in [1.54, 1.807) is 7.11 Å². The van der Waals surface area contributed by atoms with E-state index in [4.69, 9.17) is 4.74 Å². The minimum Gasteiger partial charge on any atom is -0.385 e. The standard InChI is InChI=1S/C12H20N2O/c1-15-10-6-2-4-8-13-11-12-7-3-5-9-14-12/h3,5,7,9,13H,2,4,6,8,10-11H2,1H3. The summed E-state index contributed by atoms with van der Waals surface area (Å²) in [6.07, 6.45) is 5.41. The minimum absolute atomic E-state index is 0.866. The number of nitrogens with zero attached hydrogens (tertiary/aromatic N) is 1. The molecule has 1 rings (SSSR count). The van der Waals surface area contributed by atoms with Gasteiger partial charge in [0.05, 0.1) is 5.69 Å². The lowest BCUT2D eigenvalue weighted by atomic mass is 10.2. The highest BCUT2D eigenvalue weighted by Gasteiger charge is 1.92. The zero-order valence-electron chi connectivity index (χ0n) is 9.41. The van der Waals surface area contributed by atoms with E-state index >= 15 is 0 Å². The van der Waals surface area contributed by atoms with Gasteiger partial charge in [-0.25, -0.2) is 0 Å². The summed E-state index contributed by atoms with van der Waals surface area (Å²) in [6.45, 7) is 2.80. The summed E-state index contributed by atoms with van der Waals surface area (Å²) in [4.78, 5) is 4.24. The highest BCUT2D eigenvalue weighted by Crippen LogP contribution is 1.95. The Morgan fingerprint density at radius 2 is 2.20 bits per heavy atom. The Hall–Kier alpha value is -0.930. The van der Waals surface area contributed by atoms with Crippen molar-refractivity contribution < 1.29 is 4.74 Å². The first-order valence-corrected chi connectivity index (χ1v) is 5.53. The summed E-state index contributed by atoms with van der Waals surface area (Å²) in [5.74, 6) is 0. The number of methoxy groups -OCH3 is 1. The van der Waals surface area contributed by atoms with Crippen molar-refractivity contribution in [2.45, 2.75) is 25.8 Å². The molecule has 0 atom stereocenters. The Bertz CT molecular complexity index is 239. The molecule has 0 fully saturated rings. The van der Waals surface area contributed by atoms with Crippen LogP contribution in [0.1, 0.15) is 25.0 Å². The minimum atomic E-state index is 0.866. The van der Waals surface area contributed by atoms with Crippen LogP contribution in [-0.4, -0.2) is 25.2 Å². The SMILES string of the molecule is COCCCCCNCc1ccccn1. The van der Waals surface area contributed by atoms with Crippen molar-refractivity contribution in [2.24, 2.45) is 0 Å². The van der Waals surface area contributed by atoms with E-state index in [2.05, 4.69) is 10.3 Å². The molecule has 0 spiro atoms. The monoisotopic (exact) mass is 208 g/mol. The molecule has 0 amide bonds. The summed E-state index contributed by atoms with van der Waals surface area (Å²) in [6, 6.07) is 5.99. The highest BCUT2D eigenvalue weighted by atomic mass is 16.5. The Balaban J connectivity index is 1.93. The molecule has 0 aliphatic heterocycles. The molecule has 3 nitrogen and oxygen atoms in total. The molecule has 0 bridgehead atoms. The number of pyridine rings is 1. The first-order valence-electron chi connectivity index (χ1n) is 5.53. The van der Waals surface area contributed by atoms with E-state index in [0.29, 0.717) is 0 Å². The Morgan fingerprint density at radius 1 is 1.27 bits per heavy atom. The Labute approximate surface area is 91.9 Å². The van der Waals surface area contributed by atoms with Gasteiger partial charge < -0.3 is 10.1 Å². The number of unbranched alkanes of at least 4 members (excludes halogenated alkanes) is 2. The molecule has 0 saturated carbocycles. The Morgan fingerprint density at radius 3 is 2.93 bits per heavy atom. The number of hydrogen-bond acceptors (Lipinski definition) is 3. The summed E-state index contributed by atoms with van der Waals surface area (Å²) in [5.41, 5.74) is 1.11. The normalized spacial score (nSPS) is 10.5. The highest BCUT2D eigenvalue weighted by molar-refractivity contribution is 5.02. The van der Waals surface area contributed by atoms with Crippen molar-refractivity contribution in [3.63, 3.8) is 0 Å². The van der Waals surface area contributed by atoms with Crippen LogP contribution in [0, 0.1) is 0 Å². The average Bonchev–Trinajstić information content (AvgIpc) is 2.29. The van der Waals surface area contributed by atoms with Crippen LogP contribution in [0.25, 0.3) is 0 Å². The maximum atomic E-state index is 4.99. The van der Waals surface area contributed by atoms with Crippen LogP contribution >= 0.6 is 0 Å². The average molecular weight is 208 g/mol. The fourth-order valence-corrected chi connectivity index (χ4v) is 1.39. The first kappa shape index (κ1) is 12.1. The van der Waals surface area contributed by atoms with Crippen molar-refractivity contribution in [2.75, 3.05) is 20.3 Å². The molecule has 0 aromatic carbocycles. The number of nitrogens with one attached hydrogen (secondary N) is 1. The first-order chi connectivity index (χ1) is 7.43. The zero-order valence-corrected chi connectivity index (χ0v) is 9.41. The molecule has 1 N–H and O–H groups in total. The van der Waals surface area contributed by atoms with Crippen molar-refractivity contribution >= 4 is 0 Å². The van der Waals surface area contributed by atoms with E-state index in [0.717, 1.165) is 31.8 Å². The van der Waals surface area contributed by atoms with Crippen LogP contribution in [0.5, 0.6) is 0 Å². The molecule has 0 aliphatic rings. The summed E-state index contributed by atoms with van der Waals surface area (Å²) in [7, 11) is 1.75. The smallest absolute Gasteiger partial charge is 0.0541 e. The number of hydrogen-bond donors (Lipinski definition) is 1. The molecule has 0 unspecified atom stereocenters. The Kier molecular flexibility index (Phi) is 6.79. The molecule has 84 valence electrons. The predicted octanol–water partition coefficient (Wildman–Crippen LogP) is 1.99. The van der Waals surface area contributed by atoms with E-state index in [1.165, 1.54) is 12.8 Å². The van der Waals surface area contributed by atoms with Crippen LogP contribution in [0.4, 0.5) is 0 Å². The number of ether oxygens (including phenoxy) is 1. The molecule has 1 aromatic rings. The third kappa shape index (κ3) is 6.20. The van der Waals surface area contributed by atoms with Crippen molar-refractivity contribution in [3.8, 4) is 0 Å². The maximum Gasteiger partial charge on any atom is 0.0541 e. The number of aromatic nitrogens is 1. The van der Waals surface area contributed by atoms with Crippen LogP contribution in [0.3, 0.4) is 0 Å². The second-order valence-corrected chi connectivity index (χ2v) is 3.55. The van der Waals surface area contributed by atoms with E-state index in [1.807, 2.05) is 24.4 Å². The fraction of sp³-hybridized carbons (Fsp3) is 0.583. The van der Waals surface area contributed by atoms with Crippen LogP contribution < -0.4 is 5.32 Å². The molecule has 0 aliphatic carbocycles. The third-order valence-corrected chi connectivity index (χ3v) is 2.23. The zero-order chi connectivity index (χ0) is 10.8. The molecular formula is C12H20N2O. The maximum absolute atomic E-state index is 4.99. The molecule has 1 heterocycles. The van der Waals surface area contributed by atoms with Crippen molar-refractivity contribution in [1.82, 2.24) is 10.3 Å². The van der Waals surface area contributed by atoms with Crippen molar-refractivity contribution in [3.05, 3.63) is 30.1 Å². The largest absolute Gasteiger partial charge is 0.385 e. The lowest BCUT2D eigenvalue weighted by Crippen LogP contribution is -2.15. The molecule has 3 heteroatoms. The van der Waals surface area contributed by atoms with Gasteiger partial charge in [0.25, 0.3) is 0 Å². The molecule has 0 radical (unpaired) electrons. The van der Waals surface area contributed by atoms with E-state index in [-0.39, 0.29) is 0 Å². The second-order valence-electron chi connectivity index (χ2n) is 3.55. The van der Waals surface area contributed by atoms with Crippen LogP contribution in [0.2, 0.25) is 0 Å². The summed E-state index contributed by atoms with van der Waals surface area (Å²) in [5, 5.41) is 3.38. The molecule has 15 heavy (non-hydrogen) atoms. The van der Waals surface area contributed by atoms with Gasteiger partial charge in [-0.05, 0) is 37.9 Å². The second kappa shape index (κ2) is 8.38. The van der Waals surface area contributed by atoms with Gasteiger partial charge in [-0.3, -0.25) is 4.98 Å². The van der Waals surface area contributed by atoms with Gasteiger partial charge in [0.1, 0.15) is 0 Å². The molecule has 0 saturated heterocycles. The fourth-order valence-electron chi connectivity index (χ4n) is 1.39. The van der Waals surface area contributed by atoms with Crippen molar-refractivity contribution in [1.29, 1.82) is 0 Å². The van der Waals surface area contributed by atoms with Gasteiger partial charge in [0.2, 0.25) is 0 Å². The molecular weight excluding hydrogens is 188 g/mol. The van der Waals surface area contributed by atoms with Crippen LogP contribution in [0.15, 0.2) is 24.4 Å². The van der Waals surface area contributed by atoms with E-state index in [9.17, 15) is 0 Å². The lowest BCUT2D eigenvalue weighted by molar-refractivity contribution is 0.192. The summed E-state index contributed by atoms with van der Waals surface area (Å²) < 4.78 is 4.99. The van der Waals surface area contributed by atoms with Gasteiger partial charge in [0.15, 0.2) is 0 Å². The third-order valence-electron chi connectivity index (χ3n) is 2.23. The lowest BCUT2D eigenvalue weighted by Gasteiger charge is -2.03. The van der Waals surface area contributed by atoms with Gasteiger partial charge in [0, 0.05) is 26.5 Å². The quantitative estimate of drug-likeness (QED) is 0.663. The predicted molar refractivity (Wildman–Crippen MR) is 61.7 cm³/mol. The van der Waals surface area contributed by atoms with Gasteiger partial charge in [-0.2, -0.15) is 0 Å². The van der Waals surface area contributed by atoms with Crippen LogP contribution in [-0.2, 0) is 11.3 Å². The topological polar surface area (TPSA) is 34.1 Å². The summed E-state index contributed by atoms with van der Waals surface area (Å²) >= 11 is 0. The number of rotatable bonds is 8. The van der Waals surface area contributed by atoms with E-state index < -0.39 is 0 Å². The van der Waals surface area contributed by atoms with Gasteiger partial charge in [-0.15, -0.1) is 0 Å². The molecule has 1 aromatic heterocycles.